The fourth-order valence-corrected chi connectivity index (χ4v) is 6.47. The van der Waals surface area contributed by atoms with Gasteiger partial charge in [-0.25, -0.2) is 0 Å². The summed E-state index contributed by atoms with van der Waals surface area (Å²) in [5, 5.41) is 8.88. The Bertz CT molecular complexity index is 1860. The van der Waals surface area contributed by atoms with E-state index in [9.17, 15) is 0 Å². The molecule has 0 bridgehead atoms. The first-order valence-corrected chi connectivity index (χ1v) is 13.0. The SMILES string of the molecule is c1ccc(-c2cccc3c2sc2c(Nc4cccc(-c5cccc6ccccc56)c4)cccc23)cc1. The lowest BCUT2D eigenvalue weighted by Gasteiger charge is -2.11. The molecule has 1 nitrogen and oxygen atoms in total. The van der Waals surface area contributed by atoms with E-state index in [1.807, 2.05) is 11.3 Å². The standard InChI is InChI=1S/C34H23NS/c1-2-10-24(11-3-1)29-18-8-19-30-31-20-9-21-32(34(31)36-33(29)30)35-26-15-6-14-25(22-26)28-17-7-13-23-12-4-5-16-27(23)28/h1-22,35H. The topological polar surface area (TPSA) is 12.0 Å². The van der Waals surface area contributed by atoms with Gasteiger partial charge in [0.1, 0.15) is 0 Å². The van der Waals surface area contributed by atoms with Crippen LogP contribution in [0.5, 0.6) is 0 Å². The normalized spacial score (nSPS) is 11.3. The van der Waals surface area contributed by atoms with E-state index in [-0.39, 0.29) is 0 Å². The molecule has 0 aliphatic rings. The summed E-state index contributed by atoms with van der Waals surface area (Å²) in [6.45, 7) is 0. The molecule has 0 aliphatic carbocycles. The molecule has 1 aromatic heterocycles. The summed E-state index contributed by atoms with van der Waals surface area (Å²) in [7, 11) is 0. The molecule has 2 heteroatoms. The maximum Gasteiger partial charge on any atom is 0.0590 e. The van der Waals surface area contributed by atoms with E-state index >= 15 is 0 Å². The molecule has 36 heavy (non-hydrogen) atoms. The molecule has 0 saturated heterocycles. The second kappa shape index (κ2) is 8.67. The van der Waals surface area contributed by atoms with E-state index in [1.165, 1.54) is 53.2 Å². The van der Waals surface area contributed by atoms with Crippen molar-refractivity contribution in [1.82, 2.24) is 0 Å². The second-order valence-corrected chi connectivity index (χ2v) is 10.1. The number of thiophene rings is 1. The van der Waals surface area contributed by atoms with Crippen LogP contribution in [0.4, 0.5) is 11.4 Å². The fraction of sp³-hybridized carbons (Fsp3) is 0. The molecule has 1 heterocycles. The zero-order chi connectivity index (χ0) is 23.9. The molecule has 0 amide bonds. The minimum absolute atomic E-state index is 1.09. The van der Waals surface area contributed by atoms with Crippen LogP contribution in [0.3, 0.4) is 0 Å². The van der Waals surface area contributed by atoms with Gasteiger partial charge in [0.15, 0.2) is 0 Å². The highest BCUT2D eigenvalue weighted by molar-refractivity contribution is 7.27. The van der Waals surface area contributed by atoms with Crippen LogP contribution >= 0.6 is 11.3 Å². The molecule has 170 valence electrons. The quantitative estimate of drug-likeness (QED) is 0.266. The molecule has 0 atom stereocenters. The number of benzene rings is 6. The minimum atomic E-state index is 1.09. The van der Waals surface area contributed by atoms with E-state index in [4.69, 9.17) is 0 Å². The number of hydrogen-bond donors (Lipinski definition) is 1. The van der Waals surface area contributed by atoms with Gasteiger partial charge >= 0.3 is 0 Å². The van der Waals surface area contributed by atoms with Crippen LogP contribution in [0.15, 0.2) is 133 Å². The molecule has 7 rings (SSSR count). The summed E-state index contributed by atoms with van der Waals surface area (Å²) in [5.74, 6) is 0. The zero-order valence-electron chi connectivity index (χ0n) is 19.6. The maximum atomic E-state index is 3.74. The second-order valence-electron chi connectivity index (χ2n) is 9.07. The lowest BCUT2D eigenvalue weighted by Crippen LogP contribution is -1.91. The predicted octanol–water partition coefficient (Wildman–Crippen LogP) is 10.3. The predicted molar refractivity (Wildman–Crippen MR) is 157 cm³/mol. The molecule has 0 saturated carbocycles. The highest BCUT2D eigenvalue weighted by atomic mass is 32.1. The van der Waals surface area contributed by atoms with Crippen molar-refractivity contribution in [2.45, 2.75) is 0 Å². The number of hydrogen-bond acceptors (Lipinski definition) is 2. The first kappa shape index (κ1) is 20.9. The molecule has 0 fully saturated rings. The van der Waals surface area contributed by atoms with Gasteiger partial charge in [-0.3, -0.25) is 0 Å². The Morgan fingerprint density at radius 1 is 0.444 bits per heavy atom. The van der Waals surface area contributed by atoms with Gasteiger partial charge in [-0.15, -0.1) is 11.3 Å². The fourth-order valence-electron chi connectivity index (χ4n) is 5.16. The summed E-state index contributed by atoms with van der Waals surface area (Å²) in [6.07, 6.45) is 0. The summed E-state index contributed by atoms with van der Waals surface area (Å²) in [6, 6.07) is 47.7. The van der Waals surface area contributed by atoms with Crippen molar-refractivity contribution < 1.29 is 0 Å². The molecule has 0 aliphatic heterocycles. The Hall–Kier alpha value is -4.40. The number of fused-ring (bicyclic) bond motifs is 4. The van der Waals surface area contributed by atoms with Crippen LogP contribution in [-0.4, -0.2) is 0 Å². The van der Waals surface area contributed by atoms with E-state index in [0.29, 0.717) is 0 Å². The summed E-state index contributed by atoms with van der Waals surface area (Å²) < 4.78 is 2.61. The van der Waals surface area contributed by atoms with Gasteiger partial charge in [0.05, 0.1) is 10.4 Å². The molecule has 1 N–H and O–H groups in total. The van der Waals surface area contributed by atoms with E-state index < -0.39 is 0 Å². The highest BCUT2D eigenvalue weighted by Gasteiger charge is 2.13. The maximum absolute atomic E-state index is 3.74. The van der Waals surface area contributed by atoms with Gasteiger partial charge in [0.25, 0.3) is 0 Å². The average Bonchev–Trinajstić information content (AvgIpc) is 3.33. The van der Waals surface area contributed by atoms with Crippen molar-refractivity contribution >= 4 is 53.7 Å². The van der Waals surface area contributed by atoms with Gasteiger partial charge in [-0.1, -0.05) is 115 Å². The highest BCUT2D eigenvalue weighted by Crippen LogP contribution is 2.43. The van der Waals surface area contributed by atoms with E-state index in [0.717, 1.165) is 11.4 Å². The van der Waals surface area contributed by atoms with Crippen LogP contribution in [0.25, 0.3) is 53.2 Å². The van der Waals surface area contributed by atoms with Crippen LogP contribution in [0.2, 0.25) is 0 Å². The Balaban J connectivity index is 1.33. The zero-order valence-corrected chi connectivity index (χ0v) is 20.4. The van der Waals surface area contributed by atoms with Gasteiger partial charge in [0, 0.05) is 21.2 Å². The molecule has 0 unspecified atom stereocenters. The molecule has 6 aromatic carbocycles. The Kier molecular flexibility index (Phi) is 5.04. The van der Waals surface area contributed by atoms with Crippen molar-refractivity contribution in [3.05, 3.63) is 133 Å². The van der Waals surface area contributed by atoms with Crippen molar-refractivity contribution in [3.63, 3.8) is 0 Å². The summed E-state index contributed by atoms with van der Waals surface area (Å²) in [5.41, 5.74) is 7.25. The summed E-state index contributed by atoms with van der Waals surface area (Å²) >= 11 is 1.87. The third kappa shape index (κ3) is 3.55. The van der Waals surface area contributed by atoms with Gasteiger partial charge in [-0.2, -0.15) is 0 Å². The Morgan fingerprint density at radius 3 is 2.00 bits per heavy atom. The van der Waals surface area contributed by atoms with Crippen LogP contribution in [0, 0.1) is 0 Å². The van der Waals surface area contributed by atoms with Crippen LogP contribution in [-0.2, 0) is 0 Å². The number of nitrogens with one attached hydrogen (secondary N) is 1. The average molecular weight is 478 g/mol. The van der Waals surface area contributed by atoms with Crippen molar-refractivity contribution in [2.24, 2.45) is 0 Å². The molecular weight excluding hydrogens is 454 g/mol. The van der Waals surface area contributed by atoms with Crippen molar-refractivity contribution in [2.75, 3.05) is 5.32 Å². The van der Waals surface area contributed by atoms with E-state index in [1.54, 1.807) is 0 Å². The summed E-state index contributed by atoms with van der Waals surface area (Å²) in [4.78, 5) is 0. The monoisotopic (exact) mass is 477 g/mol. The Labute approximate surface area is 214 Å². The largest absolute Gasteiger partial charge is 0.354 e. The lowest BCUT2D eigenvalue weighted by atomic mass is 9.98. The number of rotatable bonds is 4. The third-order valence-corrected chi connectivity index (χ3v) is 8.14. The molecular formula is C34H23NS. The lowest BCUT2D eigenvalue weighted by molar-refractivity contribution is 1.58. The van der Waals surface area contributed by atoms with Gasteiger partial charge < -0.3 is 5.32 Å². The van der Waals surface area contributed by atoms with Crippen molar-refractivity contribution in [1.29, 1.82) is 0 Å². The third-order valence-electron chi connectivity index (χ3n) is 6.85. The van der Waals surface area contributed by atoms with Gasteiger partial charge in [-0.05, 0) is 51.2 Å². The molecule has 0 spiro atoms. The number of anilines is 2. The first-order chi connectivity index (χ1) is 17.8. The van der Waals surface area contributed by atoms with Crippen LogP contribution in [0.1, 0.15) is 0 Å². The minimum Gasteiger partial charge on any atom is -0.354 e. The van der Waals surface area contributed by atoms with Crippen LogP contribution < -0.4 is 5.32 Å². The smallest absolute Gasteiger partial charge is 0.0590 e. The first-order valence-electron chi connectivity index (χ1n) is 12.2. The van der Waals surface area contributed by atoms with Gasteiger partial charge in [0.2, 0.25) is 0 Å². The Morgan fingerprint density at radius 2 is 1.08 bits per heavy atom. The van der Waals surface area contributed by atoms with E-state index in [2.05, 4.69) is 139 Å². The molecule has 0 radical (unpaired) electrons. The van der Waals surface area contributed by atoms with Crippen molar-refractivity contribution in [3.8, 4) is 22.3 Å². The molecule has 7 aromatic rings.